The summed E-state index contributed by atoms with van der Waals surface area (Å²) in [5, 5.41) is 17.2. The fourth-order valence-corrected chi connectivity index (χ4v) is 2.14. The van der Waals surface area contributed by atoms with E-state index in [9.17, 15) is 5.11 Å². The molecule has 0 bridgehead atoms. The Balaban J connectivity index is 1.52. The highest BCUT2D eigenvalue weighted by Gasteiger charge is 1.96. The van der Waals surface area contributed by atoms with Crippen molar-refractivity contribution < 1.29 is 14.8 Å². The second-order valence-electron chi connectivity index (χ2n) is 5.48. The maximum Gasteiger partial charge on any atom is 0.158 e. The van der Waals surface area contributed by atoms with Crippen LogP contribution in [0.2, 0.25) is 0 Å². The average Bonchev–Trinajstić information content (AvgIpc) is 2.68. The van der Waals surface area contributed by atoms with E-state index in [1.807, 2.05) is 48.5 Å². The lowest BCUT2D eigenvalue weighted by molar-refractivity contribution is 0.132. The zero-order valence-corrected chi connectivity index (χ0v) is 14.0. The molecule has 0 aromatic heterocycles. The van der Waals surface area contributed by atoms with Crippen LogP contribution in [0.4, 0.5) is 0 Å². The maximum atomic E-state index is 9.25. The van der Waals surface area contributed by atoms with Gasteiger partial charge in [-0.25, -0.2) is 0 Å². The second kappa shape index (κ2) is 9.03. The van der Waals surface area contributed by atoms with E-state index < -0.39 is 0 Å². The van der Waals surface area contributed by atoms with Gasteiger partial charge in [-0.1, -0.05) is 52.8 Å². The van der Waals surface area contributed by atoms with Gasteiger partial charge in [-0.3, -0.25) is 0 Å². The van der Waals surface area contributed by atoms with Crippen molar-refractivity contribution >= 4 is 12.4 Å². The molecule has 0 radical (unpaired) electrons. The monoisotopic (exact) mass is 346 g/mol. The predicted molar refractivity (Wildman–Crippen MR) is 102 cm³/mol. The van der Waals surface area contributed by atoms with Crippen LogP contribution in [0.5, 0.6) is 11.5 Å². The molecule has 0 aliphatic carbocycles. The minimum Gasteiger partial charge on any atom is -0.508 e. The summed E-state index contributed by atoms with van der Waals surface area (Å²) < 4.78 is 0. The molecular weight excluding hydrogens is 328 g/mol. The summed E-state index contributed by atoms with van der Waals surface area (Å²) in [5.41, 5.74) is 2.73. The fourth-order valence-electron chi connectivity index (χ4n) is 2.14. The van der Waals surface area contributed by atoms with Gasteiger partial charge in [0.15, 0.2) is 5.75 Å². The van der Waals surface area contributed by atoms with Gasteiger partial charge in [0.25, 0.3) is 0 Å². The first-order chi connectivity index (χ1) is 12.8. The van der Waals surface area contributed by atoms with Crippen LogP contribution in [-0.2, 0) is 11.4 Å². The molecule has 0 aliphatic rings. The minimum atomic E-state index is 0.213. The van der Waals surface area contributed by atoms with Crippen molar-refractivity contribution in [1.29, 1.82) is 0 Å². The number of benzene rings is 3. The second-order valence-corrected chi connectivity index (χ2v) is 5.48. The minimum absolute atomic E-state index is 0.213. The third-order valence-electron chi connectivity index (χ3n) is 3.46. The van der Waals surface area contributed by atoms with Crippen LogP contribution < -0.4 is 4.84 Å². The van der Waals surface area contributed by atoms with Crippen LogP contribution in [0, 0.1) is 0 Å². The number of rotatable bonds is 7. The molecule has 0 atom stereocenters. The van der Waals surface area contributed by atoms with E-state index in [1.54, 1.807) is 42.8 Å². The summed E-state index contributed by atoms with van der Waals surface area (Å²) in [6.07, 6.45) is 3.20. The SMILES string of the molecule is Oc1ccc(/C=N/Oc2cccc(/C=N/OCc3ccccc3)c2)cc1. The molecule has 0 heterocycles. The molecule has 5 heteroatoms. The average molecular weight is 346 g/mol. The lowest BCUT2D eigenvalue weighted by atomic mass is 10.2. The summed E-state index contributed by atoms with van der Waals surface area (Å²) in [6, 6.07) is 23.9. The Labute approximate surface area is 151 Å². The first-order valence-electron chi connectivity index (χ1n) is 8.08. The van der Waals surface area contributed by atoms with E-state index in [1.165, 1.54) is 0 Å². The number of oxime groups is 2. The summed E-state index contributed by atoms with van der Waals surface area (Å²) >= 11 is 0. The summed E-state index contributed by atoms with van der Waals surface area (Å²) in [6.45, 7) is 0.421. The Kier molecular flexibility index (Phi) is 5.99. The zero-order chi connectivity index (χ0) is 18.0. The number of hydrogen-bond donors (Lipinski definition) is 1. The molecule has 1 N–H and O–H groups in total. The van der Waals surface area contributed by atoms with Crippen molar-refractivity contribution in [3.05, 3.63) is 95.6 Å². The van der Waals surface area contributed by atoms with Crippen molar-refractivity contribution in [3.8, 4) is 11.5 Å². The lowest BCUT2D eigenvalue weighted by Gasteiger charge is -2.01. The smallest absolute Gasteiger partial charge is 0.158 e. The Morgan fingerprint density at radius 1 is 0.769 bits per heavy atom. The lowest BCUT2D eigenvalue weighted by Crippen LogP contribution is -1.90. The van der Waals surface area contributed by atoms with Crippen LogP contribution in [0.25, 0.3) is 0 Å². The molecule has 0 unspecified atom stereocenters. The van der Waals surface area contributed by atoms with Gasteiger partial charge in [0, 0.05) is 0 Å². The van der Waals surface area contributed by atoms with Crippen LogP contribution in [0.15, 0.2) is 89.2 Å². The van der Waals surface area contributed by atoms with Crippen LogP contribution in [0.3, 0.4) is 0 Å². The molecule has 130 valence electrons. The third kappa shape index (κ3) is 5.49. The Morgan fingerprint density at radius 2 is 1.54 bits per heavy atom. The van der Waals surface area contributed by atoms with Crippen molar-refractivity contribution in [1.82, 2.24) is 0 Å². The predicted octanol–water partition coefficient (Wildman–Crippen LogP) is 4.36. The molecule has 5 nitrogen and oxygen atoms in total. The van der Waals surface area contributed by atoms with Crippen LogP contribution in [0.1, 0.15) is 16.7 Å². The van der Waals surface area contributed by atoms with Gasteiger partial charge in [0.2, 0.25) is 0 Å². The van der Waals surface area contributed by atoms with Gasteiger partial charge in [-0.05, 0) is 53.1 Å². The van der Waals surface area contributed by atoms with Gasteiger partial charge in [0.1, 0.15) is 12.4 Å². The molecule has 26 heavy (non-hydrogen) atoms. The number of phenols is 1. The van der Waals surface area contributed by atoms with Crippen molar-refractivity contribution in [2.24, 2.45) is 10.3 Å². The van der Waals surface area contributed by atoms with Gasteiger partial charge < -0.3 is 14.8 Å². The molecule has 3 aromatic carbocycles. The van der Waals surface area contributed by atoms with Crippen molar-refractivity contribution in [2.75, 3.05) is 0 Å². The summed E-state index contributed by atoms with van der Waals surface area (Å²) in [7, 11) is 0. The van der Waals surface area contributed by atoms with Crippen molar-refractivity contribution in [3.63, 3.8) is 0 Å². The number of hydrogen-bond acceptors (Lipinski definition) is 5. The number of phenolic OH excluding ortho intramolecular Hbond substituents is 1. The molecule has 3 rings (SSSR count). The molecular formula is C21H18N2O3. The van der Waals surface area contributed by atoms with Crippen molar-refractivity contribution in [2.45, 2.75) is 6.61 Å². The largest absolute Gasteiger partial charge is 0.508 e. The van der Waals surface area contributed by atoms with E-state index in [-0.39, 0.29) is 5.75 Å². The highest BCUT2D eigenvalue weighted by atomic mass is 16.6. The quantitative estimate of drug-likeness (QED) is 0.511. The van der Waals surface area contributed by atoms with Crippen LogP contribution >= 0.6 is 0 Å². The Hall–Kier alpha value is -3.60. The number of nitrogens with zero attached hydrogens (tertiary/aromatic N) is 2. The van der Waals surface area contributed by atoms with Gasteiger partial charge >= 0.3 is 0 Å². The standard InChI is InChI=1S/C21H18N2O3/c24-20-11-9-17(10-12-20)14-23-26-21-8-4-7-19(13-21)15-22-25-16-18-5-2-1-3-6-18/h1-15,24H,16H2/b22-15+,23-14+. The summed E-state index contributed by atoms with van der Waals surface area (Å²) in [4.78, 5) is 10.7. The third-order valence-corrected chi connectivity index (χ3v) is 3.46. The van der Waals surface area contributed by atoms with E-state index in [2.05, 4.69) is 10.3 Å². The topological polar surface area (TPSA) is 63.4 Å². The molecule has 0 aliphatic heterocycles. The van der Waals surface area contributed by atoms with E-state index in [4.69, 9.17) is 9.68 Å². The normalized spacial score (nSPS) is 11.1. The fraction of sp³-hybridized carbons (Fsp3) is 0.0476. The van der Waals surface area contributed by atoms with Gasteiger partial charge in [-0.15, -0.1) is 0 Å². The highest BCUT2D eigenvalue weighted by molar-refractivity contribution is 5.80. The summed E-state index contributed by atoms with van der Waals surface area (Å²) in [5.74, 6) is 0.802. The first kappa shape index (κ1) is 17.2. The van der Waals surface area contributed by atoms with E-state index >= 15 is 0 Å². The molecule has 0 fully saturated rings. The van der Waals surface area contributed by atoms with Gasteiger partial charge in [0.05, 0.1) is 12.4 Å². The Bertz CT molecular complexity index is 875. The van der Waals surface area contributed by atoms with Gasteiger partial charge in [-0.2, -0.15) is 0 Å². The highest BCUT2D eigenvalue weighted by Crippen LogP contribution is 2.13. The van der Waals surface area contributed by atoms with E-state index in [0.29, 0.717) is 12.4 Å². The number of aromatic hydroxyl groups is 1. The molecule has 0 amide bonds. The molecule has 0 saturated heterocycles. The molecule has 0 spiro atoms. The Morgan fingerprint density at radius 3 is 2.35 bits per heavy atom. The zero-order valence-electron chi connectivity index (χ0n) is 14.0. The molecule has 0 saturated carbocycles. The van der Waals surface area contributed by atoms with Crippen LogP contribution in [-0.4, -0.2) is 17.5 Å². The first-order valence-corrected chi connectivity index (χ1v) is 8.08. The maximum absolute atomic E-state index is 9.25. The van der Waals surface area contributed by atoms with E-state index in [0.717, 1.165) is 16.7 Å². The molecule has 3 aromatic rings.